The molecule has 0 aliphatic heterocycles. The summed E-state index contributed by atoms with van der Waals surface area (Å²) in [5.41, 5.74) is 4.94. The molecule has 0 bridgehead atoms. The third-order valence-corrected chi connectivity index (χ3v) is 3.12. The number of fused-ring (bicyclic) bond motifs is 1. The van der Waals surface area contributed by atoms with Crippen molar-refractivity contribution in [2.45, 2.75) is 13.5 Å². The maximum atomic E-state index is 5.50. The van der Waals surface area contributed by atoms with E-state index in [1.807, 2.05) is 50.1 Å². The summed E-state index contributed by atoms with van der Waals surface area (Å²) < 4.78 is 7.53. The molecule has 0 aliphatic carbocycles. The minimum Gasteiger partial charge on any atom is -0.441 e. The van der Waals surface area contributed by atoms with E-state index >= 15 is 0 Å². The van der Waals surface area contributed by atoms with Crippen LogP contribution in [0, 0.1) is 6.92 Å². The molecule has 1 aromatic carbocycles. The standard InChI is InChI=1S/C14H16N4O/c1-9-17-11-6-10(4-5-13(11)19-9)14-12(7-15-2)16-8-18(14)3/h4-6,8,15H,7H2,1-3H3. The highest BCUT2D eigenvalue weighted by atomic mass is 16.3. The van der Waals surface area contributed by atoms with Gasteiger partial charge in [0.25, 0.3) is 0 Å². The highest BCUT2D eigenvalue weighted by molar-refractivity contribution is 5.80. The Bertz CT molecular complexity index is 726. The Balaban J connectivity index is 2.15. The molecule has 1 N–H and O–H groups in total. The number of rotatable bonds is 3. The van der Waals surface area contributed by atoms with Gasteiger partial charge in [0.15, 0.2) is 11.5 Å². The number of hydrogen-bond donors (Lipinski definition) is 1. The number of nitrogens with one attached hydrogen (secondary N) is 1. The maximum Gasteiger partial charge on any atom is 0.192 e. The van der Waals surface area contributed by atoms with Gasteiger partial charge in [0.2, 0.25) is 0 Å². The molecule has 0 aliphatic rings. The average Bonchev–Trinajstić information content (AvgIpc) is 2.91. The molecule has 2 aromatic heterocycles. The zero-order valence-corrected chi connectivity index (χ0v) is 11.3. The Hall–Kier alpha value is -2.14. The predicted octanol–water partition coefficient (Wildman–Crippen LogP) is 2.26. The van der Waals surface area contributed by atoms with Gasteiger partial charge in [0.05, 0.1) is 17.7 Å². The summed E-state index contributed by atoms with van der Waals surface area (Å²) in [6.07, 6.45) is 1.83. The number of oxazole rings is 1. The highest BCUT2D eigenvalue weighted by Gasteiger charge is 2.12. The Labute approximate surface area is 111 Å². The van der Waals surface area contributed by atoms with Crippen LogP contribution < -0.4 is 5.32 Å². The molecule has 3 aromatic rings. The van der Waals surface area contributed by atoms with Crippen LogP contribution in [-0.2, 0) is 13.6 Å². The normalized spacial score (nSPS) is 11.3. The van der Waals surface area contributed by atoms with Crippen LogP contribution in [-0.4, -0.2) is 21.6 Å². The summed E-state index contributed by atoms with van der Waals surface area (Å²) >= 11 is 0. The molecular formula is C14H16N4O. The molecule has 3 rings (SSSR count). The Morgan fingerprint density at radius 2 is 2.21 bits per heavy atom. The number of hydrogen-bond acceptors (Lipinski definition) is 4. The molecule has 0 unspecified atom stereocenters. The summed E-state index contributed by atoms with van der Waals surface area (Å²) in [6.45, 7) is 2.60. The van der Waals surface area contributed by atoms with E-state index in [2.05, 4.69) is 15.3 Å². The third-order valence-electron chi connectivity index (χ3n) is 3.12. The van der Waals surface area contributed by atoms with Gasteiger partial charge >= 0.3 is 0 Å². The van der Waals surface area contributed by atoms with Gasteiger partial charge in [-0.15, -0.1) is 0 Å². The summed E-state index contributed by atoms with van der Waals surface area (Å²) in [4.78, 5) is 8.80. The number of imidazole rings is 1. The second kappa shape index (κ2) is 4.51. The lowest BCUT2D eigenvalue weighted by Crippen LogP contribution is -2.07. The highest BCUT2D eigenvalue weighted by Crippen LogP contribution is 2.26. The predicted molar refractivity (Wildman–Crippen MR) is 73.7 cm³/mol. The fourth-order valence-corrected chi connectivity index (χ4v) is 2.34. The fraction of sp³-hybridized carbons (Fsp3) is 0.286. The zero-order chi connectivity index (χ0) is 13.4. The third kappa shape index (κ3) is 2.02. The second-order valence-corrected chi connectivity index (χ2v) is 4.60. The van der Waals surface area contributed by atoms with Gasteiger partial charge in [-0.1, -0.05) is 0 Å². The molecule has 19 heavy (non-hydrogen) atoms. The van der Waals surface area contributed by atoms with Gasteiger partial charge in [-0.25, -0.2) is 9.97 Å². The molecule has 5 heteroatoms. The number of benzene rings is 1. The first kappa shape index (κ1) is 11.9. The first-order chi connectivity index (χ1) is 9.19. The molecule has 0 radical (unpaired) electrons. The van der Waals surface area contributed by atoms with Crippen LogP contribution in [0.2, 0.25) is 0 Å². The fourth-order valence-electron chi connectivity index (χ4n) is 2.34. The molecule has 0 fully saturated rings. The largest absolute Gasteiger partial charge is 0.441 e. The van der Waals surface area contributed by atoms with E-state index < -0.39 is 0 Å². The minimum atomic E-state index is 0.688. The number of nitrogens with zero attached hydrogens (tertiary/aromatic N) is 3. The summed E-state index contributed by atoms with van der Waals surface area (Å²) in [5.74, 6) is 0.688. The van der Waals surface area contributed by atoms with Gasteiger partial charge in [0, 0.05) is 26.1 Å². The van der Waals surface area contributed by atoms with Crippen molar-refractivity contribution in [2.75, 3.05) is 7.05 Å². The van der Waals surface area contributed by atoms with Crippen molar-refractivity contribution in [1.82, 2.24) is 19.9 Å². The summed E-state index contributed by atoms with van der Waals surface area (Å²) in [7, 11) is 3.92. The molecule has 0 atom stereocenters. The molecule has 5 nitrogen and oxygen atoms in total. The Morgan fingerprint density at radius 1 is 1.37 bits per heavy atom. The topological polar surface area (TPSA) is 55.9 Å². The van der Waals surface area contributed by atoms with E-state index in [-0.39, 0.29) is 0 Å². The number of aryl methyl sites for hydroxylation is 2. The lowest BCUT2D eigenvalue weighted by molar-refractivity contribution is 0.561. The van der Waals surface area contributed by atoms with Crippen molar-refractivity contribution >= 4 is 11.1 Å². The van der Waals surface area contributed by atoms with Crippen molar-refractivity contribution in [1.29, 1.82) is 0 Å². The molecule has 0 spiro atoms. The van der Waals surface area contributed by atoms with Crippen LogP contribution >= 0.6 is 0 Å². The first-order valence-electron chi connectivity index (χ1n) is 6.21. The second-order valence-electron chi connectivity index (χ2n) is 4.60. The van der Waals surface area contributed by atoms with Gasteiger partial charge in [-0.05, 0) is 25.2 Å². The van der Waals surface area contributed by atoms with Crippen molar-refractivity contribution in [3.05, 3.63) is 36.1 Å². The lowest BCUT2D eigenvalue weighted by atomic mass is 10.1. The van der Waals surface area contributed by atoms with Gasteiger partial charge in [-0.3, -0.25) is 0 Å². The zero-order valence-electron chi connectivity index (χ0n) is 11.3. The molecule has 0 amide bonds. The molecule has 98 valence electrons. The minimum absolute atomic E-state index is 0.688. The monoisotopic (exact) mass is 256 g/mol. The quantitative estimate of drug-likeness (QED) is 0.781. The van der Waals surface area contributed by atoms with E-state index in [0.717, 1.165) is 34.6 Å². The van der Waals surface area contributed by atoms with Gasteiger partial charge in [-0.2, -0.15) is 0 Å². The van der Waals surface area contributed by atoms with Crippen LogP contribution in [0.15, 0.2) is 28.9 Å². The van der Waals surface area contributed by atoms with E-state index in [0.29, 0.717) is 5.89 Å². The summed E-state index contributed by atoms with van der Waals surface area (Å²) in [5, 5.41) is 3.14. The van der Waals surface area contributed by atoms with Crippen LogP contribution in [0.5, 0.6) is 0 Å². The van der Waals surface area contributed by atoms with E-state index in [4.69, 9.17) is 4.42 Å². The van der Waals surface area contributed by atoms with Crippen molar-refractivity contribution in [3.63, 3.8) is 0 Å². The van der Waals surface area contributed by atoms with Gasteiger partial charge in [0.1, 0.15) is 5.52 Å². The average molecular weight is 256 g/mol. The van der Waals surface area contributed by atoms with E-state index in [1.54, 1.807) is 0 Å². The maximum absolute atomic E-state index is 5.50. The SMILES string of the molecule is CNCc1ncn(C)c1-c1ccc2oc(C)nc2c1. The molecule has 2 heterocycles. The van der Waals surface area contributed by atoms with Crippen LogP contribution in [0.25, 0.3) is 22.4 Å². The molecule has 0 saturated carbocycles. The number of aromatic nitrogens is 3. The lowest BCUT2D eigenvalue weighted by Gasteiger charge is -2.06. The van der Waals surface area contributed by atoms with Crippen LogP contribution in [0.1, 0.15) is 11.6 Å². The van der Waals surface area contributed by atoms with Crippen molar-refractivity contribution in [2.24, 2.45) is 7.05 Å². The molecule has 0 saturated heterocycles. The van der Waals surface area contributed by atoms with Crippen molar-refractivity contribution in [3.8, 4) is 11.3 Å². The van der Waals surface area contributed by atoms with E-state index in [1.165, 1.54) is 0 Å². The van der Waals surface area contributed by atoms with E-state index in [9.17, 15) is 0 Å². The van der Waals surface area contributed by atoms with Gasteiger partial charge < -0.3 is 14.3 Å². The Kier molecular flexibility index (Phi) is 2.83. The van der Waals surface area contributed by atoms with Crippen LogP contribution in [0.3, 0.4) is 0 Å². The summed E-state index contributed by atoms with van der Waals surface area (Å²) in [6, 6.07) is 6.05. The van der Waals surface area contributed by atoms with Crippen LogP contribution in [0.4, 0.5) is 0 Å². The Morgan fingerprint density at radius 3 is 3.00 bits per heavy atom. The van der Waals surface area contributed by atoms with Crippen molar-refractivity contribution < 1.29 is 4.42 Å². The molecular weight excluding hydrogens is 240 g/mol. The smallest absolute Gasteiger partial charge is 0.192 e. The first-order valence-corrected chi connectivity index (χ1v) is 6.21.